The van der Waals surface area contributed by atoms with Crippen LogP contribution in [0.4, 0.5) is 0 Å². The Hall–Kier alpha value is -3.32. The minimum absolute atomic E-state index is 0.137. The van der Waals surface area contributed by atoms with E-state index in [0.29, 0.717) is 35.8 Å². The quantitative estimate of drug-likeness (QED) is 0.0796. The normalized spacial score (nSPS) is 13.9. The molecule has 296 valence electrons. The van der Waals surface area contributed by atoms with E-state index in [1.165, 1.54) is 51.4 Å². The van der Waals surface area contributed by atoms with Crippen molar-refractivity contribution in [3.05, 3.63) is 64.4 Å². The minimum atomic E-state index is -0.246. The van der Waals surface area contributed by atoms with E-state index in [4.69, 9.17) is 15.6 Å². The summed E-state index contributed by atoms with van der Waals surface area (Å²) in [5.41, 5.74) is 5.68. The Morgan fingerprint density at radius 2 is 1.58 bits per heavy atom. The molecular formula is C45H78N4O3. The van der Waals surface area contributed by atoms with Crippen molar-refractivity contribution in [1.82, 2.24) is 10.2 Å². The minimum Gasteiger partial charge on any atom is -0.496 e. The van der Waals surface area contributed by atoms with E-state index in [0.717, 1.165) is 54.1 Å². The molecule has 52 heavy (non-hydrogen) atoms. The van der Waals surface area contributed by atoms with Crippen LogP contribution in [0.25, 0.3) is 0 Å². The highest BCUT2D eigenvalue weighted by atomic mass is 16.5. The molecule has 0 fully saturated rings. The van der Waals surface area contributed by atoms with Gasteiger partial charge in [-0.25, -0.2) is 0 Å². The van der Waals surface area contributed by atoms with Crippen molar-refractivity contribution >= 4 is 23.1 Å². The SMILES string of the molecule is C/C=C(/C=C\C=C(/C)C(=N)C(C)CC)NC(=O)c1cc2c(cc1OC)CCN(CC(C)=O)C2.CCC.CCCCC(C)=N.CCCCCC(C)CC. The molecule has 2 rings (SSSR count). The first kappa shape index (κ1) is 50.8. The Morgan fingerprint density at radius 3 is 2.06 bits per heavy atom. The predicted molar refractivity (Wildman–Crippen MR) is 226 cm³/mol. The largest absolute Gasteiger partial charge is 0.496 e. The van der Waals surface area contributed by atoms with Crippen molar-refractivity contribution in [2.24, 2.45) is 11.8 Å². The van der Waals surface area contributed by atoms with E-state index < -0.39 is 0 Å². The average molecular weight is 723 g/mol. The van der Waals surface area contributed by atoms with Crippen LogP contribution in [0.1, 0.15) is 169 Å². The van der Waals surface area contributed by atoms with Gasteiger partial charge in [-0.1, -0.05) is 119 Å². The van der Waals surface area contributed by atoms with Gasteiger partial charge in [-0.2, -0.15) is 0 Å². The van der Waals surface area contributed by atoms with Crippen molar-refractivity contribution in [2.75, 3.05) is 20.2 Å². The lowest BCUT2D eigenvalue weighted by molar-refractivity contribution is -0.118. The lowest BCUT2D eigenvalue weighted by atomic mass is 9.96. The van der Waals surface area contributed by atoms with Gasteiger partial charge in [0.25, 0.3) is 5.91 Å². The van der Waals surface area contributed by atoms with E-state index in [1.54, 1.807) is 14.0 Å². The summed E-state index contributed by atoms with van der Waals surface area (Å²) in [5, 5.41) is 18.2. The Morgan fingerprint density at radius 1 is 0.942 bits per heavy atom. The van der Waals surface area contributed by atoms with Gasteiger partial charge in [0.2, 0.25) is 0 Å². The molecule has 0 saturated carbocycles. The molecular weight excluding hydrogens is 645 g/mol. The molecule has 0 saturated heterocycles. The number of amides is 1. The van der Waals surface area contributed by atoms with Gasteiger partial charge in [-0.3, -0.25) is 14.5 Å². The maximum atomic E-state index is 13.1. The molecule has 0 aliphatic carbocycles. The molecule has 7 heteroatoms. The Kier molecular flexibility index (Phi) is 30.5. The zero-order valence-electron chi connectivity index (χ0n) is 35.7. The predicted octanol–water partition coefficient (Wildman–Crippen LogP) is 12.1. The number of Topliss-reactive ketones (excluding diaryl/α,β-unsaturated/α-hetero) is 1. The number of nitrogens with zero attached hydrogens (tertiary/aromatic N) is 1. The van der Waals surface area contributed by atoms with Crippen molar-refractivity contribution in [3.63, 3.8) is 0 Å². The number of ether oxygens (including phenoxy) is 1. The van der Waals surface area contributed by atoms with Gasteiger partial charge in [0.15, 0.2) is 0 Å². The highest BCUT2D eigenvalue weighted by Crippen LogP contribution is 2.28. The summed E-state index contributed by atoms with van der Waals surface area (Å²) in [7, 11) is 1.57. The number of unbranched alkanes of at least 4 members (excludes halogenated alkanes) is 3. The van der Waals surface area contributed by atoms with Crippen LogP contribution in [0.3, 0.4) is 0 Å². The van der Waals surface area contributed by atoms with Crippen LogP contribution in [0, 0.1) is 22.7 Å². The third-order valence-electron chi connectivity index (χ3n) is 8.93. The molecule has 0 spiro atoms. The van der Waals surface area contributed by atoms with E-state index in [2.05, 4.69) is 58.7 Å². The summed E-state index contributed by atoms with van der Waals surface area (Å²) in [6.45, 7) is 26.5. The van der Waals surface area contributed by atoms with Crippen LogP contribution in [-0.4, -0.2) is 48.2 Å². The molecule has 3 N–H and O–H groups in total. The second-order valence-electron chi connectivity index (χ2n) is 14.2. The Balaban J connectivity index is 0. The van der Waals surface area contributed by atoms with E-state index in [1.807, 2.05) is 64.1 Å². The Bertz CT molecular complexity index is 1280. The maximum absolute atomic E-state index is 13.1. The molecule has 0 aromatic heterocycles. The van der Waals surface area contributed by atoms with Crippen LogP contribution in [0.2, 0.25) is 0 Å². The summed E-state index contributed by atoms with van der Waals surface area (Å²) in [6.07, 6.45) is 20.8. The summed E-state index contributed by atoms with van der Waals surface area (Å²) in [4.78, 5) is 26.7. The van der Waals surface area contributed by atoms with E-state index >= 15 is 0 Å². The molecule has 1 heterocycles. The van der Waals surface area contributed by atoms with Gasteiger partial charge in [0, 0.05) is 30.2 Å². The van der Waals surface area contributed by atoms with Crippen LogP contribution < -0.4 is 10.1 Å². The number of fused-ring (bicyclic) bond motifs is 1. The third-order valence-corrected chi connectivity index (χ3v) is 8.93. The van der Waals surface area contributed by atoms with E-state index in [9.17, 15) is 9.59 Å². The number of nitrogens with one attached hydrogen (secondary N) is 3. The van der Waals surface area contributed by atoms with Gasteiger partial charge >= 0.3 is 0 Å². The molecule has 7 nitrogen and oxygen atoms in total. The van der Waals surface area contributed by atoms with Crippen LogP contribution in [0.5, 0.6) is 5.75 Å². The number of hydrogen-bond acceptors (Lipinski definition) is 6. The number of benzene rings is 1. The second-order valence-corrected chi connectivity index (χ2v) is 14.2. The number of methoxy groups -OCH3 is 1. The van der Waals surface area contributed by atoms with Crippen molar-refractivity contribution < 1.29 is 14.3 Å². The van der Waals surface area contributed by atoms with Crippen LogP contribution in [0.15, 0.2) is 47.7 Å². The zero-order valence-corrected chi connectivity index (χ0v) is 35.7. The standard InChI is InChI=1S/C27H37N3O3.C9H20.C6H13N.C3H8/c1-7-18(3)26(28)19(4)10-9-11-23(8-2)29-27(32)24-14-22-17-30(16-20(5)31)13-12-21(22)15-25(24)33-6;1-4-6-7-8-9(3)5-2;1-3-4-5-6(2)7;1-3-2/h8-11,14-15,18,28H,7,12-13,16-17H2,1-6H3,(H,29,32);9H,4-8H2,1-3H3;7H,3-5H2,1-2H3;3H2,1-2H3/b11-9-,19-10+,23-8-,28-26?;;;. The van der Waals surface area contributed by atoms with Crippen LogP contribution >= 0.6 is 0 Å². The fourth-order valence-electron chi connectivity index (χ4n) is 5.22. The summed E-state index contributed by atoms with van der Waals surface area (Å²) >= 11 is 0. The molecule has 1 amide bonds. The van der Waals surface area contributed by atoms with E-state index in [-0.39, 0.29) is 17.6 Å². The van der Waals surface area contributed by atoms with Crippen molar-refractivity contribution in [3.8, 4) is 5.75 Å². The second kappa shape index (κ2) is 31.2. The first-order chi connectivity index (χ1) is 24.7. The fourth-order valence-corrected chi connectivity index (χ4v) is 5.22. The number of carbonyl (C=O) groups excluding carboxylic acids is 2. The first-order valence-electron chi connectivity index (χ1n) is 20.1. The lowest BCUT2D eigenvalue weighted by Gasteiger charge is -2.28. The maximum Gasteiger partial charge on any atom is 0.259 e. The molecule has 1 aromatic rings. The molecule has 2 atom stereocenters. The molecule has 0 radical (unpaired) electrons. The average Bonchev–Trinajstić information content (AvgIpc) is 3.12. The van der Waals surface area contributed by atoms with Gasteiger partial charge in [0.05, 0.1) is 19.2 Å². The lowest BCUT2D eigenvalue weighted by Crippen LogP contribution is -2.34. The summed E-state index contributed by atoms with van der Waals surface area (Å²) < 4.78 is 5.51. The molecule has 1 aliphatic rings. The fraction of sp³-hybridized carbons (Fsp3) is 0.644. The zero-order chi connectivity index (χ0) is 40.1. The van der Waals surface area contributed by atoms with Gasteiger partial charge in [-0.05, 0) is 100 Å². The molecule has 2 unspecified atom stereocenters. The molecule has 1 aromatic carbocycles. The third kappa shape index (κ3) is 23.3. The molecule has 1 aliphatic heterocycles. The van der Waals surface area contributed by atoms with Crippen molar-refractivity contribution in [1.29, 1.82) is 10.8 Å². The highest BCUT2D eigenvalue weighted by Gasteiger charge is 2.22. The topological polar surface area (TPSA) is 106 Å². The number of carbonyl (C=O) groups is 2. The number of hydrogen-bond donors (Lipinski definition) is 3. The van der Waals surface area contributed by atoms with Gasteiger partial charge < -0.3 is 20.9 Å². The first-order valence-corrected chi connectivity index (χ1v) is 20.1. The number of allylic oxidation sites excluding steroid dienone is 5. The Labute approximate surface area is 320 Å². The highest BCUT2D eigenvalue weighted by molar-refractivity contribution is 5.99. The number of rotatable bonds is 18. The smallest absolute Gasteiger partial charge is 0.259 e. The van der Waals surface area contributed by atoms with Gasteiger partial charge in [-0.15, -0.1) is 0 Å². The van der Waals surface area contributed by atoms with Gasteiger partial charge in [0.1, 0.15) is 11.5 Å². The summed E-state index contributed by atoms with van der Waals surface area (Å²) in [5.74, 6) is 1.61. The number of ketones is 1. The van der Waals surface area contributed by atoms with Crippen LogP contribution in [-0.2, 0) is 17.8 Å². The molecule has 0 bridgehead atoms. The monoisotopic (exact) mass is 723 g/mol. The summed E-state index contributed by atoms with van der Waals surface area (Å²) in [6, 6.07) is 3.82. The van der Waals surface area contributed by atoms with Crippen molar-refractivity contribution in [2.45, 2.75) is 160 Å².